The summed E-state index contributed by atoms with van der Waals surface area (Å²) in [5, 5.41) is 7.63. The molecule has 0 radical (unpaired) electrons. The number of anilines is 1. The van der Waals surface area contributed by atoms with Gasteiger partial charge in [-0.1, -0.05) is 42.0 Å². The lowest BCUT2D eigenvalue weighted by atomic mass is 10.1. The predicted molar refractivity (Wildman–Crippen MR) is 114 cm³/mol. The van der Waals surface area contributed by atoms with Gasteiger partial charge in [-0.2, -0.15) is 9.67 Å². The Morgan fingerprint density at radius 3 is 2.53 bits per heavy atom. The highest BCUT2D eigenvalue weighted by molar-refractivity contribution is 5.83. The number of nitrogens with one attached hydrogen (secondary N) is 1. The van der Waals surface area contributed by atoms with E-state index in [0.717, 1.165) is 28.2 Å². The molecule has 0 aliphatic rings. The minimum atomic E-state index is -0.187. The van der Waals surface area contributed by atoms with Crippen molar-refractivity contribution in [3.8, 4) is 17.1 Å². The molecule has 0 fully saturated rings. The second kappa shape index (κ2) is 8.65. The average Bonchev–Trinajstić information content (AvgIpc) is 3.43. The fourth-order valence-corrected chi connectivity index (χ4v) is 3.00. The zero-order valence-corrected chi connectivity index (χ0v) is 16.8. The van der Waals surface area contributed by atoms with Crippen molar-refractivity contribution in [2.75, 3.05) is 12.4 Å². The van der Waals surface area contributed by atoms with Gasteiger partial charge in [0.25, 0.3) is 5.91 Å². The van der Waals surface area contributed by atoms with Crippen molar-refractivity contribution in [2.45, 2.75) is 19.9 Å². The summed E-state index contributed by atoms with van der Waals surface area (Å²) < 4.78 is 11.9. The number of aryl methyl sites for hydroxylation is 1. The van der Waals surface area contributed by atoms with E-state index in [0.29, 0.717) is 18.3 Å². The molecule has 0 spiro atoms. The highest BCUT2D eigenvalue weighted by Crippen LogP contribution is 2.20. The van der Waals surface area contributed by atoms with Crippen LogP contribution >= 0.6 is 0 Å². The van der Waals surface area contributed by atoms with E-state index in [-0.39, 0.29) is 12.3 Å². The standard InChI is InChI=1S/C23H22N4O3/c1-16-5-9-18(10-6-16)22-25-23(24-15-20-4-3-13-30-20)27(26-22)21(28)14-17-7-11-19(29-2)12-8-17/h3-13H,14-15H2,1-2H3,(H,24,25,26). The van der Waals surface area contributed by atoms with Crippen LogP contribution in [0.1, 0.15) is 21.7 Å². The Labute approximate surface area is 174 Å². The first-order valence-electron chi connectivity index (χ1n) is 9.59. The second-order valence-corrected chi connectivity index (χ2v) is 6.89. The van der Waals surface area contributed by atoms with Gasteiger partial charge in [0.05, 0.1) is 26.3 Å². The van der Waals surface area contributed by atoms with Crippen LogP contribution in [-0.2, 0) is 13.0 Å². The first kappa shape index (κ1) is 19.4. The maximum atomic E-state index is 13.0. The van der Waals surface area contributed by atoms with E-state index in [1.807, 2.05) is 67.6 Å². The Balaban J connectivity index is 1.60. The number of hydrogen-bond acceptors (Lipinski definition) is 6. The molecule has 0 saturated carbocycles. The van der Waals surface area contributed by atoms with Crippen LogP contribution in [0.5, 0.6) is 5.75 Å². The third kappa shape index (κ3) is 4.41. The van der Waals surface area contributed by atoms with E-state index < -0.39 is 0 Å². The molecule has 0 saturated heterocycles. The van der Waals surface area contributed by atoms with E-state index in [1.54, 1.807) is 13.4 Å². The maximum absolute atomic E-state index is 13.0. The number of carbonyl (C=O) groups excluding carboxylic acids is 1. The summed E-state index contributed by atoms with van der Waals surface area (Å²) in [6, 6.07) is 18.9. The van der Waals surface area contributed by atoms with Crippen molar-refractivity contribution in [3.05, 3.63) is 83.8 Å². The lowest BCUT2D eigenvalue weighted by molar-refractivity contribution is 0.0901. The number of carbonyl (C=O) groups is 1. The number of methoxy groups -OCH3 is 1. The third-order valence-corrected chi connectivity index (χ3v) is 4.67. The van der Waals surface area contributed by atoms with Crippen LogP contribution in [0.25, 0.3) is 11.4 Å². The molecule has 152 valence electrons. The van der Waals surface area contributed by atoms with E-state index >= 15 is 0 Å². The largest absolute Gasteiger partial charge is 0.497 e. The zero-order chi connectivity index (χ0) is 20.9. The number of hydrogen-bond donors (Lipinski definition) is 1. The normalized spacial score (nSPS) is 10.7. The van der Waals surface area contributed by atoms with Gasteiger partial charge in [0.2, 0.25) is 5.95 Å². The number of nitrogens with zero attached hydrogens (tertiary/aromatic N) is 3. The molecule has 2 heterocycles. The van der Waals surface area contributed by atoms with Gasteiger partial charge in [-0.3, -0.25) is 4.79 Å². The smallest absolute Gasteiger partial charge is 0.254 e. The molecule has 0 atom stereocenters. The first-order valence-corrected chi connectivity index (χ1v) is 9.59. The molecular formula is C23H22N4O3. The molecule has 0 aliphatic carbocycles. The molecule has 0 bridgehead atoms. The average molecular weight is 402 g/mol. The second-order valence-electron chi connectivity index (χ2n) is 6.89. The van der Waals surface area contributed by atoms with E-state index in [2.05, 4.69) is 15.4 Å². The Hall–Kier alpha value is -3.87. The molecule has 0 aliphatic heterocycles. The van der Waals surface area contributed by atoms with Gasteiger partial charge >= 0.3 is 0 Å². The first-order chi connectivity index (χ1) is 14.6. The van der Waals surface area contributed by atoms with Gasteiger partial charge in [-0.05, 0) is 36.8 Å². The summed E-state index contributed by atoms with van der Waals surface area (Å²) in [4.78, 5) is 17.6. The van der Waals surface area contributed by atoms with Gasteiger partial charge in [-0.25, -0.2) is 0 Å². The minimum Gasteiger partial charge on any atom is -0.497 e. The number of aromatic nitrogens is 3. The number of benzene rings is 2. The van der Waals surface area contributed by atoms with Gasteiger partial charge < -0.3 is 14.5 Å². The van der Waals surface area contributed by atoms with Crippen LogP contribution in [0.4, 0.5) is 5.95 Å². The molecule has 4 rings (SSSR count). The number of ether oxygens (including phenoxy) is 1. The Kier molecular flexibility index (Phi) is 5.61. The fraction of sp³-hybridized carbons (Fsp3) is 0.174. The minimum absolute atomic E-state index is 0.187. The number of furan rings is 1. The summed E-state index contributed by atoms with van der Waals surface area (Å²) in [6.07, 6.45) is 1.80. The topological polar surface area (TPSA) is 82.2 Å². The summed E-state index contributed by atoms with van der Waals surface area (Å²) in [6.45, 7) is 2.42. The fourth-order valence-electron chi connectivity index (χ4n) is 3.00. The van der Waals surface area contributed by atoms with Gasteiger partial charge in [0.1, 0.15) is 11.5 Å². The Morgan fingerprint density at radius 2 is 1.87 bits per heavy atom. The quantitative estimate of drug-likeness (QED) is 0.495. The van der Waals surface area contributed by atoms with Crippen LogP contribution in [-0.4, -0.2) is 27.8 Å². The maximum Gasteiger partial charge on any atom is 0.254 e. The van der Waals surface area contributed by atoms with E-state index in [9.17, 15) is 4.79 Å². The molecule has 2 aromatic heterocycles. The summed E-state index contributed by atoms with van der Waals surface area (Å²) in [7, 11) is 1.61. The van der Waals surface area contributed by atoms with Crippen LogP contribution in [0.15, 0.2) is 71.3 Å². The van der Waals surface area contributed by atoms with Crippen molar-refractivity contribution < 1.29 is 13.9 Å². The summed E-state index contributed by atoms with van der Waals surface area (Å²) >= 11 is 0. The van der Waals surface area contributed by atoms with Gasteiger partial charge in [0.15, 0.2) is 5.82 Å². The predicted octanol–water partition coefficient (Wildman–Crippen LogP) is 4.35. The molecule has 0 unspecified atom stereocenters. The highest BCUT2D eigenvalue weighted by atomic mass is 16.5. The number of rotatable bonds is 7. The Morgan fingerprint density at radius 1 is 1.10 bits per heavy atom. The van der Waals surface area contributed by atoms with Crippen molar-refractivity contribution in [1.82, 2.24) is 14.8 Å². The molecule has 30 heavy (non-hydrogen) atoms. The van der Waals surface area contributed by atoms with Crippen LogP contribution in [0.2, 0.25) is 0 Å². The van der Waals surface area contributed by atoms with Crippen LogP contribution in [0, 0.1) is 6.92 Å². The summed E-state index contributed by atoms with van der Waals surface area (Å²) in [5.41, 5.74) is 2.85. The lowest BCUT2D eigenvalue weighted by Crippen LogP contribution is -2.18. The molecule has 0 amide bonds. The Bertz CT molecular complexity index is 1110. The molecule has 2 aromatic carbocycles. The zero-order valence-electron chi connectivity index (χ0n) is 16.8. The summed E-state index contributed by atoms with van der Waals surface area (Å²) in [5.74, 6) is 2.16. The highest BCUT2D eigenvalue weighted by Gasteiger charge is 2.18. The molecule has 7 heteroatoms. The monoisotopic (exact) mass is 402 g/mol. The lowest BCUT2D eigenvalue weighted by Gasteiger charge is -2.07. The van der Waals surface area contributed by atoms with Crippen molar-refractivity contribution in [3.63, 3.8) is 0 Å². The van der Waals surface area contributed by atoms with Crippen molar-refractivity contribution in [1.29, 1.82) is 0 Å². The van der Waals surface area contributed by atoms with Gasteiger partial charge in [0, 0.05) is 5.56 Å². The molecule has 4 aromatic rings. The van der Waals surface area contributed by atoms with Crippen LogP contribution in [0.3, 0.4) is 0 Å². The van der Waals surface area contributed by atoms with Crippen LogP contribution < -0.4 is 10.1 Å². The van der Waals surface area contributed by atoms with Crippen molar-refractivity contribution in [2.24, 2.45) is 0 Å². The van der Waals surface area contributed by atoms with Crippen molar-refractivity contribution >= 4 is 11.9 Å². The SMILES string of the molecule is COc1ccc(CC(=O)n2nc(-c3ccc(C)cc3)nc2NCc2ccco2)cc1. The third-order valence-electron chi connectivity index (χ3n) is 4.67. The molecular weight excluding hydrogens is 380 g/mol. The van der Waals surface area contributed by atoms with E-state index in [1.165, 1.54) is 4.68 Å². The molecule has 1 N–H and O–H groups in total. The molecule has 7 nitrogen and oxygen atoms in total. The van der Waals surface area contributed by atoms with E-state index in [4.69, 9.17) is 9.15 Å². The van der Waals surface area contributed by atoms with Gasteiger partial charge in [-0.15, -0.1) is 5.10 Å².